The summed E-state index contributed by atoms with van der Waals surface area (Å²) in [5.41, 5.74) is 0. The predicted octanol–water partition coefficient (Wildman–Crippen LogP) is 8.83. The topological polar surface area (TPSA) is 0 Å². The van der Waals surface area contributed by atoms with Crippen molar-refractivity contribution in [3.05, 3.63) is 24.3 Å². The van der Waals surface area contributed by atoms with Crippen molar-refractivity contribution >= 4 is 0 Å². The molecule has 0 aliphatic heterocycles. The number of hydrogen-bond donors (Lipinski definition) is 0. The van der Waals surface area contributed by atoms with Gasteiger partial charge in [-0.2, -0.15) is 0 Å². The Balaban J connectivity index is 0. The van der Waals surface area contributed by atoms with Gasteiger partial charge in [0.25, 0.3) is 0 Å². The minimum atomic E-state index is 0.756. The molecule has 0 fully saturated rings. The highest BCUT2D eigenvalue weighted by molar-refractivity contribution is 4.88. The average Bonchev–Trinajstić information content (AvgIpc) is 2.57. The first kappa shape index (κ1) is 25.7. The van der Waals surface area contributed by atoms with Gasteiger partial charge in [0.15, 0.2) is 0 Å². The molecule has 0 aromatic carbocycles. The van der Waals surface area contributed by atoms with Gasteiger partial charge in [0.1, 0.15) is 0 Å². The van der Waals surface area contributed by atoms with Crippen LogP contribution in [0.15, 0.2) is 24.3 Å². The molecule has 24 heavy (non-hydrogen) atoms. The summed E-state index contributed by atoms with van der Waals surface area (Å²) in [6.07, 6.45) is 19.8. The van der Waals surface area contributed by atoms with Crippen LogP contribution in [0, 0.1) is 23.7 Å². The van der Waals surface area contributed by atoms with E-state index >= 15 is 0 Å². The van der Waals surface area contributed by atoms with Crippen molar-refractivity contribution in [3.8, 4) is 0 Å². The average molecular weight is 337 g/mol. The Hall–Kier alpha value is -0.520. The van der Waals surface area contributed by atoms with Gasteiger partial charge in [-0.05, 0) is 42.9 Å². The van der Waals surface area contributed by atoms with Gasteiger partial charge in [-0.1, -0.05) is 112 Å². The molecule has 0 amide bonds. The monoisotopic (exact) mass is 336 g/mol. The molecule has 3 atom stereocenters. The van der Waals surface area contributed by atoms with Crippen LogP contribution in [-0.4, -0.2) is 0 Å². The summed E-state index contributed by atoms with van der Waals surface area (Å²) in [6, 6.07) is 0. The van der Waals surface area contributed by atoms with Crippen molar-refractivity contribution in [1.82, 2.24) is 0 Å². The van der Waals surface area contributed by atoms with Gasteiger partial charge in [-0.25, -0.2) is 0 Å². The zero-order valence-corrected chi connectivity index (χ0v) is 18.3. The fourth-order valence-corrected chi connectivity index (χ4v) is 2.22. The van der Waals surface area contributed by atoms with Gasteiger partial charge in [0, 0.05) is 0 Å². The molecule has 0 nitrogen and oxygen atoms in total. The van der Waals surface area contributed by atoms with E-state index in [1.807, 2.05) is 0 Å². The fourth-order valence-electron chi connectivity index (χ4n) is 2.22. The van der Waals surface area contributed by atoms with Gasteiger partial charge >= 0.3 is 0 Å². The van der Waals surface area contributed by atoms with Crippen molar-refractivity contribution in [2.45, 2.75) is 107 Å². The molecule has 0 aliphatic carbocycles. The Labute approximate surface area is 155 Å². The second-order valence-electron chi connectivity index (χ2n) is 7.89. The smallest absolute Gasteiger partial charge is 0.0236 e. The Morgan fingerprint density at radius 3 is 1.67 bits per heavy atom. The standard InChI is InChI=1S/2C12H24/c1-5-6-7-8-9-10-12(4)11(2)3;1-5-7-8-9-10-12(4)11(3)6-2/h8-9,11-12H,5-7,10H2,1-4H3;9-12H,5-8H2,1-4H3/b9-8+;10-9+. The number of rotatable bonds is 12. The summed E-state index contributed by atoms with van der Waals surface area (Å²) in [5.74, 6) is 3.25. The lowest BCUT2D eigenvalue weighted by Gasteiger charge is -2.13. The first-order chi connectivity index (χ1) is 11.4. The summed E-state index contributed by atoms with van der Waals surface area (Å²) >= 11 is 0. The van der Waals surface area contributed by atoms with E-state index in [4.69, 9.17) is 0 Å². The molecule has 3 unspecified atom stereocenters. The van der Waals surface area contributed by atoms with Crippen LogP contribution in [0.25, 0.3) is 0 Å². The van der Waals surface area contributed by atoms with Crippen molar-refractivity contribution in [2.24, 2.45) is 23.7 Å². The lowest BCUT2D eigenvalue weighted by molar-refractivity contribution is 0.423. The van der Waals surface area contributed by atoms with Crippen molar-refractivity contribution in [3.63, 3.8) is 0 Å². The van der Waals surface area contributed by atoms with Gasteiger partial charge in [0.2, 0.25) is 0 Å². The molecule has 144 valence electrons. The Bertz CT molecular complexity index is 284. The fraction of sp³-hybridized carbons (Fsp3) is 0.833. The molecule has 0 radical (unpaired) electrons. The Morgan fingerprint density at radius 1 is 0.667 bits per heavy atom. The minimum Gasteiger partial charge on any atom is -0.0885 e. The number of unbranched alkanes of at least 4 members (excludes halogenated alkanes) is 4. The maximum atomic E-state index is 2.38. The van der Waals surface area contributed by atoms with Crippen molar-refractivity contribution in [1.29, 1.82) is 0 Å². The van der Waals surface area contributed by atoms with E-state index in [9.17, 15) is 0 Å². The first-order valence-electron chi connectivity index (χ1n) is 10.7. The van der Waals surface area contributed by atoms with E-state index in [-0.39, 0.29) is 0 Å². The minimum absolute atomic E-state index is 0.756. The lowest BCUT2D eigenvalue weighted by atomic mass is 9.93. The zero-order valence-electron chi connectivity index (χ0n) is 18.3. The summed E-state index contributed by atoms with van der Waals surface area (Å²) in [4.78, 5) is 0. The number of hydrogen-bond acceptors (Lipinski definition) is 0. The van der Waals surface area contributed by atoms with E-state index in [1.165, 1.54) is 51.4 Å². The first-order valence-corrected chi connectivity index (χ1v) is 10.7. The van der Waals surface area contributed by atoms with Gasteiger partial charge in [-0.3, -0.25) is 0 Å². The summed E-state index contributed by atoms with van der Waals surface area (Å²) in [6.45, 7) is 18.3. The summed E-state index contributed by atoms with van der Waals surface area (Å²) in [5, 5.41) is 0. The highest BCUT2D eigenvalue weighted by Crippen LogP contribution is 2.16. The largest absolute Gasteiger partial charge is 0.0885 e. The highest BCUT2D eigenvalue weighted by atomic mass is 14.1. The van der Waals surface area contributed by atoms with E-state index in [0.29, 0.717) is 0 Å². The third-order valence-electron chi connectivity index (χ3n) is 5.24. The van der Waals surface area contributed by atoms with Crippen LogP contribution in [-0.2, 0) is 0 Å². The number of allylic oxidation sites excluding steroid dienone is 4. The molecule has 0 aromatic heterocycles. The van der Waals surface area contributed by atoms with E-state index in [0.717, 1.165) is 23.7 Å². The van der Waals surface area contributed by atoms with E-state index in [2.05, 4.69) is 79.7 Å². The highest BCUT2D eigenvalue weighted by Gasteiger charge is 2.05. The zero-order chi connectivity index (χ0) is 18.8. The molecule has 0 rings (SSSR count). The van der Waals surface area contributed by atoms with Crippen LogP contribution in [0.3, 0.4) is 0 Å². The lowest BCUT2D eigenvalue weighted by Crippen LogP contribution is -2.02. The van der Waals surface area contributed by atoms with Crippen LogP contribution in [0.1, 0.15) is 107 Å². The van der Waals surface area contributed by atoms with Crippen LogP contribution < -0.4 is 0 Å². The second kappa shape index (κ2) is 18.8. The summed E-state index contributed by atoms with van der Waals surface area (Å²) < 4.78 is 0. The summed E-state index contributed by atoms with van der Waals surface area (Å²) in [7, 11) is 0. The molecule has 0 saturated carbocycles. The van der Waals surface area contributed by atoms with Crippen molar-refractivity contribution in [2.75, 3.05) is 0 Å². The predicted molar refractivity (Wildman–Crippen MR) is 115 cm³/mol. The van der Waals surface area contributed by atoms with E-state index in [1.54, 1.807) is 0 Å². The van der Waals surface area contributed by atoms with Crippen LogP contribution >= 0.6 is 0 Å². The molecule has 0 heterocycles. The molecule has 0 N–H and O–H groups in total. The molecule has 0 aliphatic rings. The molecule has 0 saturated heterocycles. The van der Waals surface area contributed by atoms with Crippen LogP contribution in [0.5, 0.6) is 0 Å². The molecule has 0 bridgehead atoms. The van der Waals surface area contributed by atoms with Crippen LogP contribution in [0.4, 0.5) is 0 Å². The van der Waals surface area contributed by atoms with Gasteiger partial charge in [-0.15, -0.1) is 0 Å². The Morgan fingerprint density at radius 2 is 1.21 bits per heavy atom. The maximum absolute atomic E-state index is 2.38. The normalized spacial score (nSPS) is 15.5. The van der Waals surface area contributed by atoms with Gasteiger partial charge < -0.3 is 0 Å². The molecular weight excluding hydrogens is 288 g/mol. The molecule has 0 heteroatoms. The van der Waals surface area contributed by atoms with Gasteiger partial charge in [0.05, 0.1) is 0 Å². The molecule has 0 spiro atoms. The molecular formula is C24H48. The van der Waals surface area contributed by atoms with E-state index < -0.39 is 0 Å². The third kappa shape index (κ3) is 17.8. The maximum Gasteiger partial charge on any atom is -0.0236 e. The third-order valence-corrected chi connectivity index (χ3v) is 5.24. The second-order valence-corrected chi connectivity index (χ2v) is 7.89. The van der Waals surface area contributed by atoms with Crippen LogP contribution in [0.2, 0.25) is 0 Å². The Kier molecular flexibility index (Phi) is 20.2. The SMILES string of the molecule is CCCC/C=C/C(C)C(C)CC.CCCC/C=C/CC(C)C(C)C. The molecule has 0 aromatic rings. The quantitative estimate of drug-likeness (QED) is 0.246. The van der Waals surface area contributed by atoms with Crippen molar-refractivity contribution < 1.29 is 0 Å².